The van der Waals surface area contributed by atoms with Gasteiger partial charge in [0.1, 0.15) is 0 Å². The molecule has 2 unspecified atom stereocenters. The van der Waals surface area contributed by atoms with Gasteiger partial charge in [0, 0.05) is 42.7 Å². The van der Waals surface area contributed by atoms with Crippen LogP contribution in [0.2, 0.25) is 10.1 Å². The molecule has 0 radical (unpaired) electrons. The van der Waals surface area contributed by atoms with Crippen molar-refractivity contribution in [1.29, 1.82) is 0 Å². The van der Waals surface area contributed by atoms with E-state index in [9.17, 15) is 0 Å². The first-order chi connectivity index (χ1) is 18.3. The van der Waals surface area contributed by atoms with Crippen LogP contribution in [-0.4, -0.2) is 66.1 Å². The van der Waals surface area contributed by atoms with E-state index in [0.29, 0.717) is 25.7 Å². The van der Waals surface area contributed by atoms with Gasteiger partial charge in [0.2, 0.25) is 0 Å². The molecule has 0 fully saturated rings. The quantitative estimate of drug-likeness (QED) is 0.0758. The molecule has 0 aromatic carbocycles. The molecule has 0 aliphatic heterocycles. The molecule has 0 heterocycles. The zero-order valence-corrected chi connectivity index (χ0v) is 28.7. The van der Waals surface area contributed by atoms with Crippen molar-refractivity contribution in [3.8, 4) is 0 Å². The maximum atomic E-state index is 15.3. The standard InChI is InChI=1S/C29H62O7Si2/c1-11-15-17-19-21-23-25-28(13-3,37(31-5,32-6)33-7)27(30)29(14-4,38(34-8,35-9)36-10)26-24-22-20-18-16-12-2/h11-26H2,1-10H3. The van der Waals surface area contributed by atoms with Crippen LogP contribution >= 0.6 is 0 Å². The fourth-order valence-electron chi connectivity index (χ4n) is 6.46. The largest absolute Gasteiger partial charge is 0.514 e. The average molecular weight is 579 g/mol. The molecule has 0 rings (SSSR count). The Bertz CT molecular complexity index is 547. The van der Waals surface area contributed by atoms with Crippen molar-refractivity contribution in [2.75, 3.05) is 42.7 Å². The summed E-state index contributed by atoms with van der Waals surface area (Å²) in [5, 5.41) is -1.86. The van der Waals surface area contributed by atoms with Gasteiger partial charge in [-0.25, -0.2) is 0 Å². The molecule has 0 saturated heterocycles. The summed E-state index contributed by atoms with van der Waals surface area (Å²) in [6.45, 7) is 8.58. The Morgan fingerprint density at radius 3 is 0.974 bits per heavy atom. The molecule has 0 aromatic rings. The van der Waals surface area contributed by atoms with Crippen molar-refractivity contribution >= 4 is 23.4 Å². The Labute approximate surface area is 237 Å². The Hall–Kier alpha value is -0.136. The monoisotopic (exact) mass is 578 g/mol. The van der Waals surface area contributed by atoms with Gasteiger partial charge >= 0.3 is 17.6 Å². The van der Waals surface area contributed by atoms with Crippen LogP contribution in [-0.2, 0) is 31.4 Å². The Balaban J connectivity index is 6.70. The number of rotatable bonds is 26. The normalized spacial score (nSPS) is 15.8. The molecule has 0 saturated carbocycles. The minimum atomic E-state index is -3.44. The third-order valence-corrected chi connectivity index (χ3v) is 16.0. The van der Waals surface area contributed by atoms with Gasteiger partial charge in [0.05, 0.1) is 10.1 Å². The van der Waals surface area contributed by atoms with E-state index >= 15 is 4.79 Å². The summed E-state index contributed by atoms with van der Waals surface area (Å²) in [6, 6.07) is 0. The number of carbonyl (C=O) groups is 1. The fourth-order valence-corrected chi connectivity index (χ4v) is 12.8. The highest BCUT2D eigenvalue weighted by atomic mass is 28.4. The number of hydrogen-bond acceptors (Lipinski definition) is 7. The fraction of sp³-hybridized carbons (Fsp3) is 0.966. The van der Waals surface area contributed by atoms with Crippen LogP contribution in [0.15, 0.2) is 0 Å². The van der Waals surface area contributed by atoms with Crippen LogP contribution in [0.1, 0.15) is 130 Å². The molecule has 0 aliphatic rings. The van der Waals surface area contributed by atoms with Crippen LogP contribution in [0.4, 0.5) is 0 Å². The van der Waals surface area contributed by atoms with Crippen LogP contribution in [0.25, 0.3) is 0 Å². The lowest BCUT2D eigenvalue weighted by Gasteiger charge is -2.50. The van der Waals surface area contributed by atoms with Crippen LogP contribution in [0.3, 0.4) is 0 Å². The minimum absolute atomic E-state index is 0.0755. The van der Waals surface area contributed by atoms with Crippen molar-refractivity contribution in [3.05, 3.63) is 0 Å². The van der Waals surface area contributed by atoms with E-state index in [-0.39, 0.29) is 5.78 Å². The third kappa shape index (κ3) is 8.44. The molecule has 7 nitrogen and oxygen atoms in total. The van der Waals surface area contributed by atoms with Gasteiger partial charge in [0.15, 0.2) is 5.78 Å². The smallest absolute Gasteiger partial charge is 0.376 e. The topological polar surface area (TPSA) is 72.5 Å². The van der Waals surface area contributed by atoms with Crippen LogP contribution in [0.5, 0.6) is 0 Å². The van der Waals surface area contributed by atoms with Crippen LogP contribution < -0.4 is 0 Å². The molecular formula is C29H62O7Si2. The van der Waals surface area contributed by atoms with E-state index in [1.807, 2.05) is 0 Å². The molecule has 38 heavy (non-hydrogen) atoms. The number of unbranched alkanes of at least 4 members (excludes halogenated alkanes) is 10. The molecule has 0 amide bonds. The van der Waals surface area contributed by atoms with E-state index in [0.717, 1.165) is 38.5 Å². The minimum Gasteiger partial charge on any atom is -0.376 e. The predicted molar refractivity (Wildman–Crippen MR) is 161 cm³/mol. The maximum Gasteiger partial charge on any atom is 0.514 e. The summed E-state index contributed by atoms with van der Waals surface area (Å²) in [4.78, 5) is 15.3. The molecule has 0 spiro atoms. The van der Waals surface area contributed by atoms with Gasteiger partial charge in [-0.05, 0) is 25.7 Å². The zero-order valence-electron chi connectivity index (χ0n) is 26.7. The molecule has 228 valence electrons. The maximum absolute atomic E-state index is 15.3. The van der Waals surface area contributed by atoms with E-state index in [2.05, 4.69) is 27.7 Å². The first-order valence-electron chi connectivity index (χ1n) is 15.1. The highest BCUT2D eigenvalue weighted by Crippen LogP contribution is 2.60. The summed E-state index contributed by atoms with van der Waals surface area (Å²) >= 11 is 0. The molecule has 0 N–H and O–H groups in total. The molecule has 0 aromatic heterocycles. The summed E-state index contributed by atoms with van der Waals surface area (Å²) in [5.74, 6) is 0.0755. The predicted octanol–water partition coefficient (Wildman–Crippen LogP) is 8.11. The van der Waals surface area contributed by atoms with Gasteiger partial charge in [-0.3, -0.25) is 4.79 Å². The van der Waals surface area contributed by atoms with E-state index in [1.54, 1.807) is 42.7 Å². The SMILES string of the molecule is CCCCCCCCC(CC)(C(=O)C(CC)(CCCCCCCC)[Si](OC)(OC)OC)[Si](OC)(OC)OC. The number of Topliss-reactive ketones (excluding diaryl/α,β-unsaturated/α-hetero) is 1. The Morgan fingerprint density at radius 1 is 0.474 bits per heavy atom. The first kappa shape index (κ1) is 37.9. The summed E-state index contributed by atoms with van der Waals surface area (Å²) in [5.41, 5.74) is 0. The molecule has 2 atom stereocenters. The number of ketones is 1. The second-order valence-corrected chi connectivity index (χ2v) is 17.2. The highest BCUT2D eigenvalue weighted by molar-refractivity contribution is 6.74. The van der Waals surface area contributed by atoms with E-state index < -0.39 is 27.7 Å². The van der Waals surface area contributed by atoms with Crippen molar-refractivity contribution in [1.82, 2.24) is 0 Å². The summed E-state index contributed by atoms with van der Waals surface area (Å²) in [6.07, 6.45) is 16.0. The lowest BCUT2D eigenvalue weighted by molar-refractivity contribution is -0.131. The highest BCUT2D eigenvalue weighted by Gasteiger charge is 2.72. The van der Waals surface area contributed by atoms with E-state index in [4.69, 9.17) is 26.6 Å². The van der Waals surface area contributed by atoms with Gasteiger partial charge in [0.25, 0.3) is 0 Å². The lowest BCUT2D eigenvalue weighted by Crippen LogP contribution is -2.65. The van der Waals surface area contributed by atoms with Gasteiger partial charge in [-0.15, -0.1) is 0 Å². The number of hydrogen-bond donors (Lipinski definition) is 0. The third-order valence-electron chi connectivity index (χ3n) is 8.78. The second-order valence-electron chi connectivity index (χ2n) is 10.6. The van der Waals surface area contributed by atoms with Crippen molar-refractivity contribution in [2.45, 2.75) is 141 Å². The Kier molecular flexibility index (Phi) is 19.8. The van der Waals surface area contributed by atoms with Crippen molar-refractivity contribution in [3.63, 3.8) is 0 Å². The molecule has 0 bridgehead atoms. The lowest BCUT2D eigenvalue weighted by atomic mass is 9.81. The van der Waals surface area contributed by atoms with Gasteiger partial charge < -0.3 is 26.6 Å². The molecule has 9 heteroatoms. The van der Waals surface area contributed by atoms with Gasteiger partial charge in [-0.2, -0.15) is 0 Å². The number of carbonyl (C=O) groups excluding carboxylic acids is 1. The second kappa shape index (κ2) is 19.9. The first-order valence-corrected chi connectivity index (χ1v) is 18.6. The Morgan fingerprint density at radius 2 is 0.737 bits per heavy atom. The van der Waals surface area contributed by atoms with E-state index in [1.165, 1.54) is 38.5 Å². The van der Waals surface area contributed by atoms with Crippen molar-refractivity contribution in [2.24, 2.45) is 0 Å². The van der Waals surface area contributed by atoms with Crippen LogP contribution in [0, 0.1) is 0 Å². The average Bonchev–Trinajstić information content (AvgIpc) is 2.96. The molecule has 0 aliphatic carbocycles. The summed E-state index contributed by atoms with van der Waals surface area (Å²) < 4.78 is 36.6. The zero-order chi connectivity index (χ0) is 29.1. The van der Waals surface area contributed by atoms with Crippen molar-refractivity contribution < 1.29 is 31.4 Å². The van der Waals surface area contributed by atoms with Gasteiger partial charge in [-0.1, -0.05) is 105 Å². The summed E-state index contributed by atoms with van der Waals surface area (Å²) in [7, 11) is 2.83. The molecular weight excluding hydrogens is 516 g/mol.